The van der Waals surface area contributed by atoms with E-state index in [0.717, 1.165) is 17.4 Å². The molecule has 1 saturated heterocycles. The predicted octanol–water partition coefficient (Wildman–Crippen LogP) is 2.63. The molecule has 1 aliphatic rings. The van der Waals surface area contributed by atoms with Crippen LogP contribution in [0.2, 0.25) is 0 Å². The molecule has 2 rings (SSSR count). The summed E-state index contributed by atoms with van der Waals surface area (Å²) in [6, 6.07) is 4.49. The molecule has 1 aliphatic heterocycles. The number of rotatable bonds is 5. The van der Waals surface area contributed by atoms with Crippen LogP contribution >= 0.6 is 11.8 Å². The summed E-state index contributed by atoms with van der Waals surface area (Å²) in [5, 5.41) is 4.39. The number of aromatic nitrogens is 1. The van der Waals surface area contributed by atoms with E-state index < -0.39 is 0 Å². The van der Waals surface area contributed by atoms with Gasteiger partial charge in [-0.15, -0.1) is 11.8 Å². The third kappa shape index (κ3) is 3.44. The quantitative estimate of drug-likeness (QED) is 0.817. The molecule has 2 heterocycles. The van der Waals surface area contributed by atoms with Gasteiger partial charge in [0.25, 0.3) is 0 Å². The first kappa shape index (κ1) is 12.9. The van der Waals surface area contributed by atoms with E-state index in [0.29, 0.717) is 12.1 Å². The second-order valence-corrected chi connectivity index (χ2v) is 5.36. The number of thioether (sulfide) groups is 1. The van der Waals surface area contributed by atoms with Crippen LogP contribution in [0.4, 0.5) is 0 Å². The van der Waals surface area contributed by atoms with Crippen molar-refractivity contribution in [1.82, 2.24) is 10.3 Å². The number of nitrogens with one attached hydrogen (secondary N) is 1. The monoisotopic (exact) mass is 252 g/mol. The molecule has 1 fully saturated rings. The van der Waals surface area contributed by atoms with Gasteiger partial charge in [0.2, 0.25) is 0 Å². The van der Waals surface area contributed by atoms with Gasteiger partial charge in [0.15, 0.2) is 0 Å². The van der Waals surface area contributed by atoms with Crippen molar-refractivity contribution in [2.45, 2.75) is 36.9 Å². The molecule has 1 N–H and O–H groups in total. The smallest absolute Gasteiger partial charge is 0.101 e. The van der Waals surface area contributed by atoms with Crippen molar-refractivity contribution < 1.29 is 4.74 Å². The van der Waals surface area contributed by atoms with Gasteiger partial charge >= 0.3 is 0 Å². The number of hydrogen-bond acceptors (Lipinski definition) is 4. The SMILES string of the molecule is CNC(C)c1cccnc1SCC1CCCO1. The summed E-state index contributed by atoms with van der Waals surface area (Å²) in [5.74, 6) is 1.01. The fourth-order valence-electron chi connectivity index (χ4n) is 1.96. The van der Waals surface area contributed by atoms with E-state index in [2.05, 4.69) is 23.3 Å². The number of hydrogen-bond donors (Lipinski definition) is 1. The van der Waals surface area contributed by atoms with Crippen molar-refractivity contribution in [2.75, 3.05) is 19.4 Å². The normalized spacial score (nSPS) is 21.6. The highest BCUT2D eigenvalue weighted by molar-refractivity contribution is 7.99. The molecule has 1 aromatic rings. The first-order valence-corrected chi connectivity index (χ1v) is 7.16. The van der Waals surface area contributed by atoms with Crippen LogP contribution in [0.15, 0.2) is 23.4 Å². The Balaban J connectivity index is 1.98. The van der Waals surface area contributed by atoms with Gasteiger partial charge in [0, 0.05) is 30.2 Å². The Hall–Kier alpha value is -0.580. The lowest BCUT2D eigenvalue weighted by molar-refractivity contribution is 0.129. The fraction of sp³-hybridized carbons (Fsp3) is 0.615. The first-order chi connectivity index (χ1) is 8.31. The molecule has 17 heavy (non-hydrogen) atoms. The molecule has 0 bridgehead atoms. The second-order valence-electron chi connectivity index (χ2n) is 4.35. The standard InChI is InChI=1S/C13H20N2OS/c1-10(14-2)12-6-3-7-15-13(12)17-9-11-5-4-8-16-11/h3,6-7,10-11,14H,4-5,8-9H2,1-2H3. The van der Waals surface area contributed by atoms with Gasteiger partial charge in [-0.25, -0.2) is 4.98 Å². The van der Waals surface area contributed by atoms with Gasteiger partial charge < -0.3 is 10.1 Å². The molecule has 0 amide bonds. The topological polar surface area (TPSA) is 34.2 Å². The molecule has 0 spiro atoms. The molecular weight excluding hydrogens is 232 g/mol. The fourth-order valence-corrected chi connectivity index (χ4v) is 3.11. The van der Waals surface area contributed by atoms with E-state index in [4.69, 9.17) is 4.74 Å². The van der Waals surface area contributed by atoms with Crippen LogP contribution < -0.4 is 5.32 Å². The molecule has 94 valence electrons. The van der Waals surface area contributed by atoms with E-state index in [1.807, 2.05) is 31.1 Å². The van der Waals surface area contributed by atoms with Gasteiger partial charge in [-0.2, -0.15) is 0 Å². The molecule has 2 atom stereocenters. The van der Waals surface area contributed by atoms with E-state index in [1.165, 1.54) is 18.4 Å². The second kappa shape index (κ2) is 6.38. The van der Waals surface area contributed by atoms with Crippen LogP contribution in [0.1, 0.15) is 31.4 Å². The Morgan fingerprint density at radius 3 is 3.24 bits per heavy atom. The summed E-state index contributed by atoms with van der Waals surface area (Å²) in [6.45, 7) is 3.08. The minimum atomic E-state index is 0.343. The zero-order valence-electron chi connectivity index (χ0n) is 10.5. The maximum Gasteiger partial charge on any atom is 0.101 e. The van der Waals surface area contributed by atoms with Crippen molar-refractivity contribution in [3.63, 3.8) is 0 Å². The maximum atomic E-state index is 5.64. The highest BCUT2D eigenvalue weighted by atomic mass is 32.2. The molecule has 3 nitrogen and oxygen atoms in total. The third-order valence-corrected chi connectivity index (χ3v) is 4.28. The van der Waals surface area contributed by atoms with Crippen molar-refractivity contribution in [3.8, 4) is 0 Å². The molecule has 2 unspecified atom stereocenters. The lowest BCUT2D eigenvalue weighted by atomic mass is 10.1. The molecule has 0 saturated carbocycles. The average molecular weight is 252 g/mol. The van der Waals surface area contributed by atoms with E-state index in [1.54, 1.807) is 0 Å². The first-order valence-electron chi connectivity index (χ1n) is 6.18. The summed E-state index contributed by atoms with van der Waals surface area (Å²) >= 11 is 1.81. The van der Waals surface area contributed by atoms with Crippen LogP contribution in [0.3, 0.4) is 0 Å². The zero-order valence-corrected chi connectivity index (χ0v) is 11.3. The molecule has 4 heteroatoms. The molecule has 0 aliphatic carbocycles. The van der Waals surface area contributed by atoms with E-state index in [9.17, 15) is 0 Å². The Morgan fingerprint density at radius 2 is 2.53 bits per heavy atom. The lowest BCUT2D eigenvalue weighted by Crippen LogP contribution is -2.14. The highest BCUT2D eigenvalue weighted by Crippen LogP contribution is 2.27. The van der Waals surface area contributed by atoms with E-state index >= 15 is 0 Å². The Bertz CT molecular complexity index is 353. The van der Waals surface area contributed by atoms with Gasteiger partial charge in [0.1, 0.15) is 5.03 Å². The minimum absolute atomic E-state index is 0.343. The van der Waals surface area contributed by atoms with Gasteiger partial charge in [-0.3, -0.25) is 0 Å². The number of nitrogens with zero attached hydrogens (tertiary/aromatic N) is 1. The number of pyridine rings is 1. The molecule has 0 radical (unpaired) electrons. The van der Waals surface area contributed by atoms with Crippen molar-refractivity contribution in [3.05, 3.63) is 23.9 Å². The van der Waals surface area contributed by atoms with E-state index in [-0.39, 0.29) is 0 Å². The summed E-state index contributed by atoms with van der Waals surface area (Å²) < 4.78 is 5.64. The summed E-state index contributed by atoms with van der Waals surface area (Å²) in [7, 11) is 1.98. The zero-order chi connectivity index (χ0) is 12.1. The average Bonchev–Trinajstić information content (AvgIpc) is 2.89. The Morgan fingerprint density at radius 1 is 1.65 bits per heavy atom. The highest BCUT2D eigenvalue weighted by Gasteiger charge is 2.17. The van der Waals surface area contributed by atoms with Crippen LogP contribution in [0.25, 0.3) is 0 Å². The van der Waals surface area contributed by atoms with Gasteiger partial charge in [0.05, 0.1) is 6.10 Å². The Kier molecular flexibility index (Phi) is 4.83. The molecule has 1 aromatic heterocycles. The van der Waals surface area contributed by atoms with Crippen LogP contribution in [-0.2, 0) is 4.74 Å². The van der Waals surface area contributed by atoms with Crippen LogP contribution in [0.5, 0.6) is 0 Å². The van der Waals surface area contributed by atoms with Gasteiger partial charge in [-0.05, 0) is 32.9 Å². The third-order valence-electron chi connectivity index (χ3n) is 3.13. The molecule has 0 aromatic carbocycles. The minimum Gasteiger partial charge on any atom is -0.377 e. The largest absolute Gasteiger partial charge is 0.377 e. The summed E-state index contributed by atoms with van der Waals surface area (Å²) in [5.41, 5.74) is 1.28. The summed E-state index contributed by atoms with van der Waals surface area (Å²) in [6.07, 6.45) is 4.67. The van der Waals surface area contributed by atoms with Crippen molar-refractivity contribution >= 4 is 11.8 Å². The van der Waals surface area contributed by atoms with Crippen molar-refractivity contribution in [2.24, 2.45) is 0 Å². The number of ether oxygens (including phenoxy) is 1. The predicted molar refractivity (Wildman–Crippen MR) is 71.4 cm³/mol. The van der Waals surface area contributed by atoms with Crippen molar-refractivity contribution in [1.29, 1.82) is 0 Å². The summed E-state index contributed by atoms with van der Waals surface area (Å²) in [4.78, 5) is 4.48. The molecular formula is C13H20N2OS. The lowest BCUT2D eigenvalue weighted by Gasteiger charge is -2.15. The van der Waals surface area contributed by atoms with Crippen LogP contribution in [0, 0.1) is 0 Å². The van der Waals surface area contributed by atoms with Crippen LogP contribution in [-0.4, -0.2) is 30.5 Å². The Labute approximate surface area is 107 Å². The van der Waals surface area contributed by atoms with Gasteiger partial charge in [-0.1, -0.05) is 6.07 Å². The maximum absolute atomic E-state index is 5.64.